The lowest BCUT2D eigenvalue weighted by atomic mass is 9.89. The van der Waals surface area contributed by atoms with Crippen LogP contribution in [0.2, 0.25) is 0 Å². The van der Waals surface area contributed by atoms with Gasteiger partial charge in [0.1, 0.15) is 5.75 Å². The largest absolute Gasteiger partial charge is 0.496 e. The molecule has 2 heterocycles. The van der Waals surface area contributed by atoms with Gasteiger partial charge in [0.25, 0.3) is 5.91 Å². The molecule has 0 bridgehead atoms. The van der Waals surface area contributed by atoms with Crippen LogP contribution >= 0.6 is 0 Å². The maximum atomic E-state index is 13.2. The Morgan fingerprint density at radius 1 is 1.10 bits per heavy atom. The highest BCUT2D eigenvalue weighted by molar-refractivity contribution is 5.86. The third-order valence-electron chi connectivity index (χ3n) is 6.51. The molecule has 2 aromatic rings. The van der Waals surface area contributed by atoms with E-state index < -0.39 is 5.60 Å². The molecule has 2 aromatic carbocycles. The predicted octanol–water partition coefficient (Wildman–Crippen LogP) is 4.06. The molecule has 5 heteroatoms. The van der Waals surface area contributed by atoms with Gasteiger partial charge < -0.3 is 19.7 Å². The first-order valence-corrected chi connectivity index (χ1v) is 11.6. The van der Waals surface area contributed by atoms with Crippen molar-refractivity contribution in [2.75, 3.05) is 39.9 Å². The molecule has 1 atom stereocenters. The van der Waals surface area contributed by atoms with Crippen LogP contribution in [0.1, 0.15) is 37.7 Å². The van der Waals surface area contributed by atoms with Gasteiger partial charge in [0, 0.05) is 31.7 Å². The molecule has 2 aliphatic rings. The van der Waals surface area contributed by atoms with Gasteiger partial charge in [-0.15, -0.1) is 0 Å². The van der Waals surface area contributed by atoms with Crippen molar-refractivity contribution in [3.8, 4) is 16.9 Å². The molecule has 4 rings (SSSR count). The number of carbonyl (C=O) groups excluding carboxylic acids is 1. The summed E-state index contributed by atoms with van der Waals surface area (Å²) in [5, 5.41) is 3.17. The number of hydrogen-bond acceptors (Lipinski definition) is 4. The first-order valence-electron chi connectivity index (χ1n) is 11.6. The summed E-state index contributed by atoms with van der Waals surface area (Å²) in [7, 11) is 1.69. The standard InChI is InChI=1S/C26H34N2O3/c1-30-24-12-4-3-11-23(24)22-10-7-9-21(19-22)20-26(13-8-18-31-26)25(29)27-14-17-28-15-5-2-6-16-28/h3-4,7,9-12,19H,2,5-6,8,13-18,20H2,1H3,(H,27,29). The number of methoxy groups -OCH3 is 1. The Morgan fingerprint density at radius 3 is 2.71 bits per heavy atom. The van der Waals surface area contributed by atoms with Crippen LogP contribution in [-0.2, 0) is 16.0 Å². The van der Waals surface area contributed by atoms with Crippen LogP contribution in [0.15, 0.2) is 48.5 Å². The summed E-state index contributed by atoms with van der Waals surface area (Å²) in [5.74, 6) is 0.881. The Hall–Kier alpha value is -2.37. The minimum atomic E-state index is -0.763. The minimum absolute atomic E-state index is 0.0321. The number of likely N-dealkylation sites (tertiary alicyclic amines) is 1. The zero-order chi connectivity index (χ0) is 21.5. The van der Waals surface area contributed by atoms with E-state index in [1.165, 1.54) is 19.3 Å². The van der Waals surface area contributed by atoms with Crippen LogP contribution in [0.4, 0.5) is 0 Å². The van der Waals surface area contributed by atoms with Crippen molar-refractivity contribution in [1.29, 1.82) is 0 Å². The monoisotopic (exact) mass is 422 g/mol. The Labute approximate surface area is 185 Å². The Bertz CT molecular complexity index is 870. The van der Waals surface area contributed by atoms with Crippen LogP contribution in [0, 0.1) is 0 Å². The Morgan fingerprint density at radius 2 is 1.94 bits per heavy atom. The molecule has 1 N–H and O–H groups in total. The molecule has 2 fully saturated rings. The number of amides is 1. The van der Waals surface area contributed by atoms with E-state index in [4.69, 9.17) is 9.47 Å². The predicted molar refractivity (Wildman–Crippen MR) is 123 cm³/mol. The first kappa shape index (κ1) is 21.8. The normalized spacial score (nSPS) is 21.7. The van der Waals surface area contributed by atoms with E-state index in [-0.39, 0.29) is 5.91 Å². The van der Waals surface area contributed by atoms with Gasteiger partial charge in [-0.25, -0.2) is 0 Å². The van der Waals surface area contributed by atoms with Crippen LogP contribution in [0.25, 0.3) is 11.1 Å². The summed E-state index contributed by atoms with van der Waals surface area (Å²) in [4.78, 5) is 15.6. The summed E-state index contributed by atoms with van der Waals surface area (Å²) < 4.78 is 11.6. The molecule has 1 amide bonds. The maximum Gasteiger partial charge on any atom is 0.252 e. The third-order valence-corrected chi connectivity index (χ3v) is 6.51. The number of benzene rings is 2. The van der Waals surface area contributed by atoms with E-state index in [1.807, 2.05) is 24.3 Å². The SMILES string of the molecule is COc1ccccc1-c1cccc(CC2(C(=O)NCCN3CCCCC3)CCCO2)c1. The molecule has 31 heavy (non-hydrogen) atoms. The van der Waals surface area contributed by atoms with Crippen LogP contribution in [0.3, 0.4) is 0 Å². The lowest BCUT2D eigenvalue weighted by molar-refractivity contribution is -0.141. The fraction of sp³-hybridized carbons (Fsp3) is 0.500. The summed E-state index contributed by atoms with van der Waals surface area (Å²) in [6, 6.07) is 16.4. The van der Waals surface area contributed by atoms with Crippen LogP contribution < -0.4 is 10.1 Å². The van der Waals surface area contributed by atoms with E-state index in [9.17, 15) is 4.79 Å². The smallest absolute Gasteiger partial charge is 0.252 e. The van der Waals surface area contributed by atoms with E-state index in [0.29, 0.717) is 19.6 Å². The molecular formula is C26H34N2O3. The number of carbonyl (C=O) groups is 1. The molecular weight excluding hydrogens is 388 g/mol. The second kappa shape index (κ2) is 10.3. The second-order valence-electron chi connectivity index (χ2n) is 8.68. The highest BCUT2D eigenvalue weighted by atomic mass is 16.5. The second-order valence-corrected chi connectivity index (χ2v) is 8.68. The summed E-state index contributed by atoms with van der Waals surface area (Å²) in [5.41, 5.74) is 2.49. The lowest BCUT2D eigenvalue weighted by Crippen LogP contribution is -2.50. The molecule has 166 valence electrons. The van der Waals surface area contributed by atoms with Crippen molar-refractivity contribution in [3.63, 3.8) is 0 Å². The van der Waals surface area contributed by atoms with Gasteiger partial charge in [-0.1, -0.05) is 48.9 Å². The van der Waals surface area contributed by atoms with E-state index in [2.05, 4.69) is 34.5 Å². The van der Waals surface area contributed by atoms with Gasteiger partial charge in [0.05, 0.1) is 7.11 Å². The maximum absolute atomic E-state index is 13.2. The number of para-hydroxylation sites is 1. The van der Waals surface area contributed by atoms with Gasteiger partial charge >= 0.3 is 0 Å². The average molecular weight is 423 g/mol. The number of ether oxygens (including phenoxy) is 2. The summed E-state index contributed by atoms with van der Waals surface area (Å²) in [6.07, 6.45) is 6.14. The number of rotatable bonds is 8. The molecule has 0 aromatic heterocycles. The fourth-order valence-electron chi connectivity index (χ4n) is 4.83. The van der Waals surface area contributed by atoms with Crippen LogP contribution in [0.5, 0.6) is 5.75 Å². The summed E-state index contributed by atoms with van der Waals surface area (Å²) >= 11 is 0. The van der Waals surface area contributed by atoms with Crippen molar-refractivity contribution in [1.82, 2.24) is 10.2 Å². The molecule has 0 saturated carbocycles. The van der Waals surface area contributed by atoms with Gasteiger partial charge in [-0.3, -0.25) is 4.79 Å². The highest BCUT2D eigenvalue weighted by Crippen LogP contribution is 2.33. The van der Waals surface area contributed by atoms with Crippen molar-refractivity contribution in [2.45, 2.75) is 44.1 Å². The lowest BCUT2D eigenvalue weighted by Gasteiger charge is -2.29. The van der Waals surface area contributed by atoms with Gasteiger partial charge in [0.15, 0.2) is 5.60 Å². The number of piperidine rings is 1. The van der Waals surface area contributed by atoms with Crippen molar-refractivity contribution < 1.29 is 14.3 Å². The van der Waals surface area contributed by atoms with Crippen LogP contribution in [-0.4, -0.2) is 56.3 Å². The summed E-state index contributed by atoms with van der Waals surface area (Å²) in [6.45, 7) is 4.54. The fourth-order valence-corrected chi connectivity index (χ4v) is 4.83. The zero-order valence-electron chi connectivity index (χ0n) is 18.6. The highest BCUT2D eigenvalue weighted by Gasteiger charge is 2.42. The van der Waals surface area contributed by atoms with Crippen molar-refractivity contribution in [3.05, 3.63) is 54.1 Å². The molecule has 0 radical (unpaired) electrons. The molecule has 0 spiro atoms. The van der Waals surface area contributed by atoms with Gasteiger partial charge in [0.2, 0.25) is 0 Å². The number of nitrogens with zero attached hydrogens (tertiary/aromatic N) is 1. The molecule has 2 saturated heterocycles. The molecule has 2 aliphatic heterocycles. The van der Waals surface area contributed by atoms with Crippen molar-refractivity contribution in [2.24, 2.45) is 0 Å². The number of nitrogens with one attached hydrogen (secondary N) is 1. The Kier molecular flexibility index (Phi) is 7.25. The van der Waals surface area contributed by atoms with E-state index in [1.54, 1.807) is 7.11 Å². The average Bonchev–Trinajstić information content (AvgIpc) is 3.29. The zero-order valence-corrected chi connectivity index (χ0v) is 18.6. The van der Waals surface area contributed by atoms with Crippen molar-refractivity contribution >= 4 is 5.91 Å². The first-order chi connectivity index (χ1) is 15.2. The van der Waals surface area contributed by atoms with E-state index >= 15 is 0 Å². The number of hydrogen-bond donors (Lipinski definition) is 1. The molecule has 5 nitrogen and oxygen atoms in total. The minimum Gasteiger partial charge on any atom is -0.496 e. The van der Waals surface area contributed by atoms with E-state index in [0.717, 1.165) is 54.9 Å². The topological polar surface area (TPSA) is 50.8 Å². The third kappa shape index (κ3) is 5.28. The van der Waals surface area contributed by atoms with Gasteiger partial charge in [-0.05, 0) is 56.0 Å². The van der Waals surface area contributed by atoms with Gasteiger partial charge in [-0.2, -0.15) is 0 Å². The molecule has 0 aliphatic carbocycles. The Balaban J connectivity index is 1.44. The molecule has 1 unspecified atom stereocenters. The quantitative estimate of drug-likeness (QED) is 0.697.